The maximum atomic E-state index is 10.6. The SMILES string of the molecule is Cc1cn(-c2cccc(Cl)c2)nc1C=O. The molecule has 2 rings (SSSR count). The number of aryl methyl sites for hydroxylation is 1. The molecule has 2 aromatic rings. The fourth-order valence-corrected chi connectivity index (χ4v) is 1.53. The minimum Gasteiger partial charge on any atom is -0.296 e. The maximum Gasteiger partial charge on any atom is 0.170 e. The van der Waals surface area contributed by atoms with Gasteiger partial charge in [-0.05, 0) is 30.7 Å². The fourth-order valence-electron chi connectivity index (χ4n) is 1.34. The molecule has 0 N–H and O–H groups in total. The lowest BCUT2D eigenvalue weighted by Gasteiger charge is -2.00. The molecule has 0 fully saturated rings. The monoisotopic (exact) mass is 220 g/mol. The molecule has 1 aromatic heterocycles. The van der Waals surface area contributed by atoms with Crippen molar-refractivity contribution in [3.63, 3.8) is 0 Å². The molecule has 0 saturated heterocycles. The maximum absolute atomic E-state index is 10.6. The first-order chi connectivity index (χ1) is 7.20. The van der Waals surface area contributed by atoms with Crippen molar-refractivity contribution in [3.8, 4) is 5.69 Å². The van der Waals surface area contributed by atoms with Crippen LogP contribution in [0.15, 0.2) is 30.5 Å². The molecular formula is C11H9ClN2O. The van der Waals surface area contributed by atoms with Gasteiger partial charge in [-0.15, -0.1) is 0 Å². The highest BCUT2D eigenvalue weighted by Gasteiger charge is 2.05. The van der Waals surface area contributed by atoms with E-state index >= 15 is 0 Å². The number of nitrogens with zero attached hydrogens (tertiary/aromatic N) is 2. The largest absolute Gasteiger partial charge is 0.296 e. The van der Waals surface area contributed by atoms with Gasteiger partial charge in [0.15, 0.2) is 6.29 Å². The van der Waals surface area contributed by atoms with Crippen LogP contribution in [0.1, 0.15) is 16.1 Å². The van der Waals surface area contributed by atoms with E-state index < -0.39 is 0 Å². The van der Waals surface area contributed by atoms with E-state index in [-0.39, 0.29) is 0 Å². The number of hydrogen-bond donors (Lipinski definition) is 0. The van der Waals surface area contributed by atoms with Gasteiger partial charge < -0.3 is 0 Å². The predicted molar refractivity (Wildman–Crippen MR) is 58.7 cm³/mol. The molecule has 3 nitrogen and oxygen atoms in total. The first-order valence-electron chi connectivity index (χ1n) is 4.48. The molecule has 0 radical (unpaired) electrons. The van der Waals surface area contributed by atoms with Crippen LogP contribution >= 0.6 is 11.6 Å². The summed E-state index contributed by atoms with van der Waals surface area (Å²) in [6, 6.07) is 7.31. The van der Waals surface area contributed by atoms with Gasteiger partial charge in [-0.1, -0.05) is 17.7 Å². The zero-order valence-corrected chi connectivity index (χ0v) is 8.90. The second kappa shape index (κ2) is 3.87. The molecule has 15 heavy (non-hydrogen) atoms. The summed E-state index contributed by atoms with van der Waals surface area (Å²) in [5, 5.41) is 4.78. The molecule has 0 saturated carbocycles. The van der Waals surface area contributed by atoms with Crippen LogP contribution in [0.4, 0.5) is 0 Å². The number of rotatable bonds is 2. The molecule has 76 valence electrons. The Morgan fingerprint density at radius 2 is 2.27 bits per heavy atom. The van der Waals surface area contributed by atoms with E-state index in [0.717, 1.165) is 17.5 Å². The van der Waals surface area contributed by atoms with Crippen LogP contribution in [0.2, 0.25) is 5.02 Å². The van der Waals surface area contributed by atoms with Gasteiger partial charge in [0.2, 0.25) is 0 Å². The van der Waals surface area contributed by atoms with Crippen molar-refractivity contribution in [1.82, 2.24) is 9.78 Å². The minimum atomic E-state index is 0.454. The quantitative estimate of drug-likeness (QED) is 0.730. The summed E-state index contributed by atoms with van der Waals surface area (Å²) in [7, 11) is 0. The number of halogens is 1. The highest BCUT2D eigenvalue weighted by atomic mass is 35.5. The summed E-state index contributed by atoms with van der Waals surface area (Å²) in [5.41, 5.74) is 2.15. The molecule has 0 aliphatic rings. The van der Waals surface area contributed by atoms with Crippen molar-refractivity contribution in [2.45, 2.75) is 6.92 Å². The summed E-state index contributed by atoms with van der Waals surface area (Å²) in [5.74, 6) is 0. The van der Waals surface area contributed by atoms with Crippen molar-refractivity contribution in [2.75, 3.05) is 0 Å². The van der Waals surface area contributed by atoms with Crippen molar-refractivity contribution >= 4 is 17.9 Å². The number of carbonyl (C=O) groups excluding carboxylic acids is 1. The van der Waals surface area contributed by atoms with Gasteiger partial charge in [-0.3, -0.25) is 4.79 Å². The highest BCUT2D eigenvalue weighted by molar-refractivity contribution is 6.30. The minimum absolute atomic E-state index is 0.454. The third kappa shape index (κ3) is 1.92. The van der Waals surface area contributed by atoms with Gasteiger partial charge in [0, 0.05) is 11.2 Å². The van der Waals surface area contributed by atoms with Gasteiger partial charge in [0.05, 0.1) is 5.69 Å². The van der Waals surface area contributed by atoms with E-state index in [1.165, 1.54) is 0 Å². The Morgan fingerprint density at radius 3 is 2.87 bits per heavy atom. The predicted octanol–water partition coefficient (Wildman–Crippen LogP) is 2.65. The molecular weight excluding hydrogens is 212 g/mol. The van der Waals surface area contributed by atoms with E-state index in [9.17, 15) is 4.79 Å². The van der Waals surface area contributed by atoms with Gasteiger partial charge in [-0.2, -0.15) is 5.10 Å². The summed E-state index contributed by atoms with van der Waals surface area (Å²) in [6.45, 7) is 1.85. The first kappa shape index (κ1) is 9.93. The van der Waals surface area contributed by atoms with Crippen molar-refractivity contribution < 1.29 is 4.79 Å². The Bertz CT molecular complexity index is 505. The molecule has 0 aliphatic heterocycles. The lowest BCUT2D eigenvalue weighted by atomic mass is 10.3. The molecule has 0 bridgehead atoms. The number of aldehydes is 1. The van der Waals surface area contributed by atoms with Crippen LogP contribution in [0, 0.1) is 6.92 Å². The molecule has 0 spiro atoms. The molecule has 4 heteroatoms. The average molecular weight is 221 g/mol. The van der Waals surface area contributed by atoms with Gasteiger partial charge in [-0.25, -0.2) is 4.68 Å². The Kier molecular flexibility index (Phi) is 2.56. The van der Waals surface area contributed by atoms with Crippen molar-refractivity contribution in [3.05, 3.63) is 46.7 Å². The van der Waals surface area contributed by atoms with Crippen LogP contribution in [0.25, 0.3) is 5.69 Å². The fraction of sp³-hybridized carbons (Fsp3) is 0.0909. The van der Waals surface area contributed by atoms with E-state index in [1.807, 2.05) is 19.1 Å². The van der Waals surface area contributed by atoms with Crippen LogP contribution in [0.5, 0.6) is 0 Å². The Balaban J connectivity index is 2.49. The molecule has 1 heterocycles. The van der Waals surface area contributed by atoms with Gasteiger partial charge in [0.25, 0.3) is 0 Å². The Hall–Kier alpha value is -1.61. The summed E-state index contributed by atoms with van der Waals surface area (Å²) in [6.07, 6.45) is 2.55. The topological polar surface area (TPSA) is 34.9 Å². The standard InChI is InChI=1S/C11H9ClN2O/c1-8-6-14(13-11(8)7-15)10-4-2-3-9(12)5-10/h2-7H,1H3. The second-order valence-electron chi connectivity index (χ2n) is 3.24. The average Bonchev–Trinajstić information content (AvgIpc) is 2.60. The van der Waals surface area contributed by atoms with Gasteiger partial charge in [0.1, 0.15) is 5.69 Å². The van der Waals surface area contributed by atoms with E-state index in [1.54, 1.807) is 23.0 Å². The van der Waals surface area contributed by atoms with Crippen molar-refractivity contribution in [1.29, 1.82) is 0 Å². The molecule has 0 atom stereocenters. The zero-order valence-electron chi connectivity index (χ0n) is 8.14. The van der Waals surface area contributed by atoms with Crippen LogP contribution in [-0.4, -0.2) is 16.1 Å². The van der Waals surface area contributed by atoms with E-state index in [4.69, 9.17) is 11.6 Å². The molecule has 1 aromatic carbocycles. The van der Waals surface area contributed by atoms with Gasteiger partial charge >= 0.3 is 0 Å². The number of carbonyl (C=O) groups is 1. The number of hydrogen-bond acceptors (Lipinski definition) is 2. The second-order valence-corrected chi connectivity index (χ2v) is 3.68. The number of aromatic nitrogens is 2. The van der Waals surface area contributed by atoms with E-state index in [2.05, 4.69) is 5.10 Å². The highest BCUT2D eigenvalue weighted by Crippen LogP contribution is 2.15. The zero-order chi connectivity index (χ0) is 10.8. The molecule has 0 amide bonds. The molecule has 0 aliphatic carbocycles. The smallest absolute Gasteiger partial charge is 0.170 e. The van der Waals surface area contributed by atoms with Crippen LogP contribution in [-0.2, 0) is 0 Å². The normalized spacial score (nSPS) is 10.3. The van der Waals surface area contributed by atoms with Crippen LogP contribution < -0.4 is 0 Å². The van der Waals surface area contributed by atoms with Crippen molar-refractivity contribution in [2.24, 2.45) is 0 Å². The Labute approximate surface area is 92.3 Å². The summed E-state index contributed by atoms with van der Waals surface area (Å²) < 4.78 is 1.64. The lowest BCUT2D eigenvalue weighted by Crippen LogP contribution is -1.95. The summed E-state index contributed by atoms with van der Waals surface area (Å²) in [4.78, 5) is 10.6. The lowest BCUT2D eigenvalue weighted by molar-refractivity contribution is 0.111. The number of benzene rings is 1. The third-order valence-corrected chi connectivity index (χ3v) is 2.35. The third-order valence-electron chi connectivity index (χ3n) is 2.12. The molecule has 0 unspecified atom stereocenters. The van der Waals surface area contributed by atoms with E-state index in [0.29, 0.717) is 10.7 Å². The first-order valence-corrected chi connectivity index (χ1v) is 4.86. The summed E-state index contributed by atoms with van der Waals surface area (Å²) >= 11 is 5.86. The Morgan fingerprint density at radius 1 is 1.47 bits per heavy atom. The van der Waals surface area contributed by atoms with Crippen LogP contribution in [0.3, 0.4) is 0 Å².